The minimum Gasteiger partial charge on any atom is -0.488 e. The molecule has 0 spiro atoms. The molecule has 76 valence electrons. The van der Waals surface area contributed by atoms with Gasteiger partial charge in [-0.3, -0.25) is 0 Å². The van der Waals surface area contributed by atoms with Crippen LogP contribution in [0.2, 0.25) is 0 Å². The molecule has 0 fully saturated rings. The van der Waals surface area contributed by atoms with E-state index >= 15 is 0 Å². The SMILES string of the molecule is C=C(CC)COc1ccc(C)cc1Br. The molecule has 1 aromatic carbocycles. The molecule has 2 heteroatoms. The van der Waals surface area contributed by atoms with Crippen molar-refractivity contribution < 1.29 is 4.74 Å². The van der Waals surface area contributed by atoms with Crippen LogP contribution in [0, 0.1) is 6.92 Å². The van der Waals surface area contributed by atoms with E-state index in [0.717, 1.165) is 22.2 Å². The number of aryl methyl sites for hydroxylation is 1. The lowest BCUT2D eigenvalue weighted by Gasteiger charge is -2.09. The summed E-state index contributed by atoms with van der Waals surface area (Å²) in [6.45, 7) is 8.62. The Labute approximate surface area is 93.9 Å². The standard InChI is InChI=1S/C12H15BrO/c1-4-9(2)8-14-12-6-5-10(3)7-11(12)13/h5-7H,2,4,8H2,1,3H3. The van der Waals surface area contributed by atoms with Crippen molar-refractivity contribution in [2.45, 2.75) is 20.3 Å². The van der Waals surface area contributed by atoms with E-state index in [2.05, 4.69) is 36.4 Å². The lowest BCUT2D eigenvalue weighted by Crippen LogP contribution is -1.99. The highest BCUT2D eigenvalue weighted by atomic mass is 79.9. The van der Waals surface area contributed by atoms with Crippen molar-refractivity contribution in [3.63, 3.8) is 0 Å². The molecule has 0 aromatic heterocycles. The van der Waals surface area contributed by atoms with Crippen molar-refractivity contribution in [1.29, 1.82) is 0 Å². The molecule has 0 saturated heterocycles. The molecule has 0 atom stereocenters. The smallest absolute Gasteiger partial charge is 0.133 e. The summed E-state index contributed by atoms with van der Waals surface area (Å²) in [6, 6.07) is 6.06. The number of benzene rings is 1. The van der Waals surface area contributed by atoms with E-state index in [-0.39, 0.29) is 0 Å². The fourth-order valence-electron chi connectivity index (χ4n) is 1.00. The maximum atomic E-state index is 5.60. The molecule has 0 amide bonds. The first-order valence-corrected chi connectivity index (χ1v) is 5.48. The largest absolute Gasteiger partial charge is 0.488 e. The summed E-state index contributed by atoms with van der Waals surface area (Å²) in [4.78, 5) is 0. The first-order chi connectivity index (χ1) is 6.63. The predicted molar refractivity (Wildman–Crippen MR) is 63.8 cm³/mol. The Morgan fingerprint density at radius 2 is 2.21 bits per heavy atom. The Hall–Kier alpha value is -0.760. The molecule has 0 heterocycles. The van der Waals surface area contributed by atoms with E-state index in [1.54, 1.807) is 0 Å². The third kappa shape index (κ3) is 3.18. The average molecular weight is 255 g/mol. The van der Waals surface area contributed by atoms with Crippen LogP contribution >= 0.6 is 15.9 Å². The molecule has 0 aliphatic carbocycles. The van der Waals surface area contributed by atoms with Gasteiger partial charge in [0.15, 0.2) is 0 Å². The summed E-state index contributed by atoms with van der Waals surface area (Å²) in [5, 5.41) is 0. The molecule has 14 heavy (non-hydrogen) atoms. The first kappa shape index (κ1) is 11.3. The maximum Gasteiger partial charge on any atom is 0.133 e. The van der Waals surface area contributed by atoms with Gasteiger partial charge in [0.05, 0.1) is 4.47 Å². The minimum atomic E-state index is 0.595. The minimum absolute atomic E-state index is 0.595. The van der Waals surface area contributed by atoms with Crippen molar-refractivity contribution in [2.75, 3.05) is 6.61 Å². The van der Waals surface area contributed by atoms with Gasteiger partial charge in [-0.25, -0.2) is 0 Å². The molecular formula is C12H15BrO. The molecule has 0 unspecified atom stereocenters. The van der Waals surface area contributed by atoms with Crippen molar-refractivity contribution in [3.8, 4) is 5.75 Å². The van der Waals surface area contributed by atoms with Crippen LogP contribution in [0.25, 0.3) is 0 Å². The van der Waals surface area contributed by atoms with Crippen molar-refractivity contribution in [3.05, 3.63) is 40.4 Å². The van der Waals surface area contributed by atoms with Crippen LogP contribution < -0.4 is 4.74 Å². The van der Waals surface area contributed by atoms with Crippen molar-refractivity contribution in [1.82, 2.24) is 0 Å². The first-order valence-electron chi connectivity index (χ1n) is 4.69. The third-order valence-corrected chi connectivity index (χ3v) is 2.64. The Bertz CT molecular complexity index is 331. The van der Waals surface area contributed by atoms with Crippen LogP contribution in [0.3, 0.4) is 0 Å². The zero-order valence-corrected chi connectivity index (χ0v) is 10.2. The zero-order chi connectivity index (χ0) is 10.6. The molecule has 1 rings (SSSR count). The van der Waals surface area contributed by atoms with Gasteiger partial charge < -0.3 is 4.74 Å². The molecule has 0 aliphatic rings. The van der Waals surface area contributed by atoms with Crippen LogP contribution in [-0.2, 0) is 0 Å². The fraction of sp³-hybridized carbons (Fsp3) is 0.333. The quantitative estimate of drug-likeness (QED) is 0.736. The number of halogens is 1. The Morgan fingerprint density at radius 1 is 1.50 bits per heavy atom. The topological polar surface area (TPSA) is 9.23 Å². The van der Waals surface area contributed by atoms with Gasteiger partial charge in [0.2, 0.25) is 0 Å². The Morgan fingerprint density at radius 3 is 2.79 bits per heavy atom. The lowest BCUT2D eigenvalue weighted by molar-refractivity contribution is 0.347. The fourth-order valence-corrected chi connectivity index (χ4v) is 1.61. The highest BCUT2D eigenvalue weighted by Gasteiger charge is 2.01. The van der Waals surface area contributed by atoms with Gasteiger partial charge >= 0.3 is 0 Å². The highest BCUT2D eigenvalue weighted by Crippen LogP contribution is 2.26. The summed E-state index contributed by atoms with van der Waals surface area (Å²) < 4.78 is 6.60. The van der Waals surface area contributed by atoms with Gasteiger partial charge in [-0.2, -0.15) is 0 Å². The molecule has 0 aliphatic heterocycles. The lowest BCUT2D eigenvalue weighted by atomic mass is 10.2. The number of hydrogen-bond donors (Lipinski definition) is 0. The van der Waals surface area contributed by atoms with Crippen molar-refractivity contribution in [2.24, 2.45) is 0 Å². The second-order valence-corrected chi connectivity index (χ2v) is 4.18. The van der Waals surface area contributed by atoms with Gasteiger partial charge in [-0.15, -0.1) is 0 Å². The summed E-state index contributed by atoms with van der Waals surface area (Å²) in [7, 11) is 0. The summed E-state index contributed by atoms with van der Waals surface area (Å²) in [6.07, 6.45) is 0.962. The van der Waals surface area contributed by atoms with Crippen LogP contribution in [-0.4, -0.2) is 6.61 Å². The molecular weight excluding hydrogens is 240 g/mol. The molecule has 0 radical (unpaired) electrons. The van der Waals surface area contributed by atoms with E-state index in [1.807, 2.05) is 18.2 Å². The van der Waals surface area contributed by atoms with Gasteiger partial charge in [-0.1, -0.05) is 19.6 Å². The molecule has 1 aromatic rings. The van der Waals surface area contributed by atoms with Gasteiger partial charge in [0.1, 0.15) is 12.4 Å². The zero-order valence-electron chi connectivity index (χ0n) is 8.64. The van der Waals surface area contributed by atoms with Crippen LogP contribution in [0.1, 0.15) is 18.9 Å². The summed E-state index contributed by atoms with van der Waals surface area (Å²) >= 11 is 3.46. The molecule has 0 saturated carbocycles. The van der Waals surface area contributed by atoms with Crippen LogP contribution in [0.4, 0.5) is 0 Å². The molecule has 0 bridgehead atoms. The van der Waals surface area contributed by atoms with E-state index in [9.17, 15) is 0 Å². The second kappa shape index (κ2) is 5.20. The highest BCUT2D eigenvalue weighted by molar-refractivity contribution is 9.10. The van der Waals surface area contributed by atoms with E-state index in [1.165, 1.54) is 5.56 Å². The summed E-state index contributed by atoms with van der Waals surface area (Å²) in [5.41, 5.74) is 2.33. The third-order valence-electron chi connectivity index (χ3n) is 2.02. The predicted octanol–water partition coefficient (Wildman–Crippen LogP) is 4.10. The van der Waals surface area contributed by atoms with Crippen LogP contribution in [0.5, 0.6) is 5.75 Å². The summed E-state index contributed by atoms with van der Waals surface area (Å²) in [5.74, 6) is 0.880. The van der Waals surface area contributed by atoms with Gasteiger partial charge in [0.25, 0.3) is 0 Å². The number of hydrogen-bond acceptors (Lipinski definition) is 1. The number of rotatable bonds is 4. The van der Waals surface area contributed by atoms with E-state index in [0.29, 0.717) is 6.61 Å². The average Bonchev–Trinajstić information content (AvgIpc) is 2.16. The van der Waals surface area contributed by atoms with Crippen molar-refractivity contribution >= 4 is 15.9 Å². The van der Waals surface area contributed by atoms with Gasteiger partial charge in [0, 0.05) is 0 Å². The molecule has 1 nitrogen and oxygen atoms in total. The monoisotopic (exact) mass is 254 g/mol. The molecule has 0 N–H and O–H groups in total. The maximum absolute atomic E-state index is 5.60. The Balaban J connectivity index is 2.63. The Kier molecular flexibility index (Phi) is 4.21. The van der Waals surface area contributed by atoms with E-state index in [4.69, 9.17) is 4.74 Å². The van der Waals surface area contributed by atoms with Crippen LogP contribution in [0.15, 0.2) is 34.8 Å². The normalized spacial score (nSPS) is 9.93. The second-order valence-electron chi connectivity index (χ2n) is 3.33. The number of ether oxygens (including phenoxy) is 1. The van der Waals surface area contributed by atoms with E-state index < -0.39 is 0 Å². The van der Waals surface area contributed by atoms with Gasteiger partial charge in [-0.05, 0) is 52.5 Å².